The van der Waals surface area contributed by atoms with Crippen LogP contribution in [0, 0.1) is 11.8 Å². The van der Waals surface area contributed by atoms with Crippen LogP contribution in [0.3, 0.4) is 0 Å². The quantitative estimate of drug-likeness (QED) is 0.778. The van der Waals surface area contributed by atoms with Gasteiger partial charge in [0.25, 0.3) is 0 Å². The molecule has 1 aromatic rings. The first-order valence-electron chi connectivity index (χ1n) is 8.52. The molecule has 1 fully saturated rings. The van der Waals surface area contributed by atoms with Crippen molar-refractivity contribution < 1.29 is 23.0 Å². The van der Waals surface area contributed by atoms with Crippen LogP contribution in [0.4, 0.5) is 8.78 Å². The molecule has 1 aromatic carbocycles. The van der Waals surface area contributed by atoms with Gasteiger partial charge in [0.2, 0.25) is 5.91 Å². The largest absolute Gasteiger partial charge is 0.493 e. The third kappa shape index (κ3) is 5.18. The number of benzene rings is 1. The van der Waals surface area contributed by atoms with Gasteiger partial charge in [-0.1, -0.05) is 38.8 Å². The third-order valence-electron chi connectivity index (χ3n) is 4.88. The maximum absolute atomic E-state index is 12.6. The van der Waals surface area contributed by atoms with E-state index in [9.17, 15) is 13.6 Å². The number of rotatable bonds is 6. The van der Waals surface area contributed by atoms with Crippen molar-refractivity contribution in [2.75, 3.05) is 7.11 Å². The third-order valence-corrected chi connectivity index (χ3v) is 4.88. The standard InChI is InChI=1S/C19H25F2NO3/c1-12-6-4-8-15(13(12)2)22-17(23)11-10-14-7-5-9-16(24-3)18(14)25-19(20)21/h5,7,9-13,15,19H,4,6,8H2,1-3H3,(H,22,23). The number of alkyl halides is 2. The molecule has 0 aliphatic heterocycles. The first-order chi connectivity index (χ1) is 11.9. The highest BCUT2D eigenvalue weighted by Crippen LogP contribution is 2.33. The van der Waals surface area contributed by atoms with Crippen LogP contribution >= 0.6 is 0 Å². The van der Waals surface area contributed by atoms with E-state index < -0.39 is 6.61 Å². The van der Waals surface area contributed by atoms with E-state index in [-0.39, 0.29) is 23.4 Å². The lowest BCUT2D eigenvalue weighted by molar-refractivity contribution is -0.117. The minimum absolute atomic E-state index is 0.0799. The summed E-state index contributed by atoms with van der Waals surface area (Å²) in [6, 6.07) is 4.91. The van der Waals surface area contributed by atoms with Crippen molar-refractivity contribution in [3.8, 4) is 11.5 Å². The predicted octanol–water partition coefficient (Wildman–Crippen LogP) is 4.25. The Morgan fingerprint density at radius 2 is 2.08 bits per heavy atom. The van der Waals surface area contributed by atoms with Crippen LogP contribution in [0.5, 0.6) is 11.5 Å². The normalized spacial score (nSPS) is 23.7. The van der Waals surface area contributed by atoms with Crippen LogP contribution < -0.4 is 14.8 Å². The summed E-state index contributed by atoms with van der Waals surface area (Å²) in [6.07, 6.45) is 6.06. The molecule has 2 rings (SSSR count). The second kappa shape index (κ2) is 8.83. The number of carbonyl (C=O) groups excluding carboxylic acids is 1. The van der Waals surface area contributed by atoms with Crippen LogP contribution in [-0.2, 0) is 4.79 Å². The number of methoxy groups -OCH3 is 1. The van der Waals surface area contributed by atoms with E-state index in [1.54, 1.807) is 12.1 Å². The Balaban J connectivity index is 2.09. The van der Waals surface area contributed by atoms with Gasteiger partial charge in [-0.15, -0.1) is 0 Å². The summed E-state index contributed by atoms with van der Waals surface area (Å²) in [5.74, 6) is 0.867. The van der Waals surface area contributed by atoms with E-state index in [4.69, 9.17) is 4.74 Å². The van der Waals surface area contributed by atoms with Gasteiger partial charge < -0.3 is 14.8 Å². The first-order valence-corrected chi connectivity index (χ1v) is 8.52. The van der Waals surface area contributed by atoms with E-state index in [2.05, 4.69) is 23.9 Å². The lowest BCUT2D eigenvalue weighted by Gasteiger charge is -2.34. The Labute approximate surface area is 147 Å². The zero-order valence-electron chi connectivity index (χ0n) is 14.8. The van der Waals surface area contributed by atoms with Gasteiger partial charge in [0.1, 0.15) is 0 Å². The Hall–Kier alpha value is -2.11. The van der Waals surface area contributed by atoms with Gasteiger partial charge in [0, 0.05) is 17.7 Å². The second-order valence-corrected chi connectivity index (χ2v) is 6.47. The van der Waals surface area contributed by atoms with Crippen LogP contribution in [0.15, 0.2) is 24.3 Å². The van der Waals surface area contributed by atoms with Gasteiger partial charge in [-0.05, 0) is 30.4 Å². The molecule has 1 aliphatic carbocycles. The van der Waals surface area contributed by atoms with Gasteiger partial charge in [-0.25, -0.2) is 0 Å². The number of nitrogens with one attached hydrogen (secondary N) is 1. The minimum Gasteiger partial charge on any atom is -0.493 e. The molecule has 4 nitrogen and oxygen atoms in total. The Morgan fingerprint density at radius 1 is 1.32 bits per heavy atom. The van der Waals surface area contributed by atoms with Crippen molar-refractivity contribution in [3.63, 3.8) is 0 Å². The molecule has 0 bridgehead atoms. The molecule has 1 saturated carbocycles. The summed E-state index contributed by atoms with van der Waals surface area (Å²) in [4.78, 5) is 12.2. The van der Waals surface area contributed by atoms with Gasteiger partial charge in [-0.3, -0.25) is 4.79 Å². The summed E-state index contributed by atoms with van der Waals surface area (Å²) in [5.41, 5.74) is 0.361. The lowest BCUT2D eigenvalue weighted by atomic mass is 9.78. The summed E-state index contributed by atoms with van der Waals surface area (Å²) >= 11 is 0. The van der Waals surface area contributed by atoms with E-state index in [1.165, 1.54) is 31.7 Å². The molecule has 6 heteroatoms. The summed E-state index contributed by atoms with van der Waals surface area (Å²) in [7, 11) is 1.37. The Kier molecular flexibility index (Phi) is 6.79. The molecule has 25 heavy (non-hydrogen) atoms. The van der Waals surface area contributed by atoms with Gasteiger partial charge in [-0.2, -0.15) is 8.78 Å². The maximum Gasteiger partial charge on any atom is 0.387 e. The monoisotopic (exact) mass is 353 g/mol. The molecule has 0 saturated heterocycles. The minimum atomic E-state index is -2.97. The molecule has 3 atom stereocenters. The fourth-order valence-electron chi connectivity index (χ4n) is 3.22. The van der Waals surface area contributed by atoms with Crippen LogP contribution in [-0.4, -0.2) is 25.7 Å². The Bertz CT molecular complexity index is 619. The molecule has 138 valence electrons. The number of hydrogen-bond donors (Lipinski definition) is 1. The number of para-hydroxylation sites is 1. The molecule has 0 spiro atoms. The summed E-state index contributed by atoms with van der Waals surface area (Å²) < 4.78 is 34.8. The van der Waals surface area contributed by atoms with Crippen LogP contribution in [0.25, 0.3) is 6.08 Å². The molecular formula is C19H25F2NO3. The van der Waals surface area contributed by atoms with Crippen molar-refractivity contribution in [2.45, 2.75) is 45.8 Å². The van der Waals surface area contributed by atoms with Crippen LogP contribution in [0.1, 0.15) is 38.7 Å². The van der Waals surface area contributed by atoms with E-state index in [0.717, 1.165) is 12.8 Å². The lowest BCUT2D eigenvalue weighted by Crippen LogP contribution is -2.43. The zero-order valence-corrected chi connectivity index (χ0v) is 14.8. The topological polar surface area (TPSA) is 47.6 Å². The fourth-order valence-corrected chi connectivity index (χ4v) is 3.22. The average Bonchev–Trinajstić information content (AvgIpc) is 2.57. The summed E-state index contributed by atoms with van der Waals surface area (Å²) in [6.45, 7) is 1.37. The van der Waals surface area contributed by atoms with Gasteiger partial charge >= 0.3 is 6.61 Å². The number of amides is 1. The number of hydrogen-bond acceptors (Lipinski definition) is 3. The molecule has 0 radical (unpaired) electrons. The predicted molar refractivity (Wildman–Crippen MR) is 92.8 cm³/mol. The number of carbonyl (C=O) groups is 1. The Morgan fingerprint density at radius 3 is 2.76 bits per heavy atom. The van der Waals surface area contributed by atoms with E-state index in [1.807, 2.05) is 0 Å². The SMILES string of the molecule is COc1cccc(C=CC(=O)NC2CCCC(C)C2C)c1OC(F)F. The van der Waals surface area contributed by atoms with Crippen LogP contribution in [0.2, 0.25) is 0 Å². The average molecular weight is 353 g/mol. The highest BCUT2D eigenvalue weighted by atomic mass is 19.3. The molecule has 0 heterocycles. The van der Waals surface area contributed by atoms with Crippen molar-refractivity contribution in [2.24, 2.45) is 11.8 Å². The molecule has 1 N–H and O–H groups in total. The van der Waals surface area contributed by atoms with E-state index >= 15 is 0 Å². The van der Waals surface area contributed by atoms with Crippen molar-refractivity contribution in [1.29, 1.82) is 0 Å². The highest BCUT2D eigenvalue weighted by Gasteiger charge is 2.27. The van der Waals surface area contributed by atoms with E-state index in [0.29, 0.717) is 17.4 Å². The first kappa shape index (κ1) is 19.2. The molecule has 1 aliphatic rings. The van der Waals surface area contributed by atoms with Crippen molar-refractivity contribution in [3.05, 3.63) is 29.8 Å². The van der Waals surface area contributed by atoms with Gasteiger partial charge in [0.05, 0.1) is 7.11 Å². The molecule has 3 unspecified atom stereocenters. The highest BCUT2D eigenvalue weighted by molar-refractivity contribution is 5.92. The van der Waals surface area contributed by atoms with Crippen molar-refractivity contribution >= 4 is 12.0 Å². The molecule has 0 aromatic heterocycles. The molecular weight excluding hydrogens is 328 g/mol. The zero-order chi connectivity index (χ0) is 18.4. The van der Waals surface area contributed by atoms with Gasteiger partial charge in [0.15, 0.2) is 11.5 Å². The number of halogens is 2. The maximum atomic E-state index is 12.6. The smallest absolute Gasteiger partial charge is 0.387 e. The number of ether oxygens (including phenoxy) is 2. The fraction of sp³-hybridized carbons (Fsp3) is 0.526. The van der Waals surface area contributed by atoms with Crippen molar-refractivity contribution in [1.82, 2.24) is 5.32 Å². The summed E-state index contributed by atoms with van der Waals surface area (Å²) in [5, 5.41) is 3.01. The second-order valence-electron chi connectivity index (χ2n) is 6.47. The molecule has 1 amide bonds.